The first kappa shape index (κ1) is 16.2. The Labute approximate surface area is 128 Å². The first-order valence-electron chi connectivity index (χ1n) is 6.43. The first-order chi connectivity index (χ1) is 9.85. The highest BCUT2D eigenvalue weighted by atomic mass is 35.5. The lowest BCUT2D eigenvalue weighted by atomic mass is 10.2. The molecule has 1 aliphatic rings. The zero-order valence-electron chi connectivity index (χ0n) is 11.4. The van der Waals surface area contributed by atoms with Crippen molar-refractivity contribution < 1.29 is 23.1 Å². The van der Waals surface area contributed by atoms with Gasteiger partial charge in [0.25, 0.3) is 0 Å². The Balaban J connectivity index is 2.27. The molecule has 1 aliphatic carbocycles. The third-order valence-electron chi connectivity index (χ3n) is 3.54. The number of rotatable bonds is 5. The number of hydrogen-bond acceptors (Lipinski definition) is 4. The molecule has 2 N–H and O–H groups in total. The minimum Gasteiger partial charge on any atom is -0.478 e. The van der Waals surface area contributed by atoms with E-state index in [0.29, 0.717) is 6.42 Å². The number of carboxylic acids is 1. The molecule has 0 aliphatic heterocycles. The predicted octanol–water partition coefficient (Wildman–Crippen LogP) is 1.88. The van der Waals surface area contributed by atoms with E-state index in [9.17, 15) is 13.2 Å². The highest BCUT2D eigenvalue weighted by Crippen LogP contribution is 2.25. The zero-order chi connectivity index (χ0) is 15.6. The van der Waals surface area contributed by atoms with E-state index in [1.807, 2.05) is 0 Å². The molecule has 21 heavy (non-hydrogen) atoms. The van der Waals surface area contributed by atoms with Crippen LogP contribution in [0.1, 0.15) is 29.6 Å². The Morgan fingerprint density at radius 2 is 2.14 bits per heavy atom. The highest BCUT2D eigenvalue weighted by Gasteiger charge is 2.31. The third kappa shape index (κ3) is 3.55. The van der Waals surface area contributed by atoms with E-state index in [4.69, 9.17) is 21.4 Å². The smallest absolute Gasteiger partial charge is 0.337 e. The normalized spacial score (nSPS) is 22.4. The van der Waals surface area contributed by atoms with Crippen LogP contribution in [-0.2, 0) is 14.8 Å². The van der Waals surface area contributed by atoms with Crippen molar-refractivity contribution >= 4 is 27.6 Å². The van der Waals surface area contributed by atoms with Crippen LogP contribution in [0.4, 0.5) is 0 Å². The van der Waals surface area contributed by atoms with Gasteiger partial charge in [-0.2, -0.15) is 0 Å². The molecule has 2 atom stereocenters. The summed E-state index contributed by atoms with van der Waals surface area (Å²) in [6, 6.07) is 3.31. The standard InChI is InChI=1S/C13H16ClNO5S/c1-20-12-4-2-3-11(12)15-21(18,19)8-5-6-10(14)9(7-8)13(16)17/h5-7,11-12,15H,2-4H2,1H3,(H,16,17). The van der Waals surface area contributed by atoms with E-state index in [-0.39, 0.29) is 27.6 Å². The second-order valence-electron chi connectivity index (χ2n) is 4.88. The van der Waals surface area contributed by atoms with Crippen molar-refractivity contribution in [2.45, 2.75) is 36.3 Å². The fourth-order valence-electron chi connectivity index (χ4n) is 2.45. The van der Waals surface area contributed by atoms with E-state index >= 15 is 0 Å². The molecule has 0 saturated heterocycles. The summed E-state index contributed by atoms with van der Waals surface area (Å²) >= 11 is 5.74. The molecule has 0 radical (unpaired) electrons. The molecule has 0 bridgehead atoms. The van der Waals surface area contributed by atoms with E-state index in [1.165, 1.54) is 12.1 Å². The largest absolute Gasteiger partial charge is 0.478 e. The van der Waals surface area contributed by atoms with Crippen molar-refractivity contribution in [1.29, 1.82) is 0 Å². The summed E-state index contributed by atoms with van der Waals surface area (Å²) in [6.45, 7) is 0. The molecule has 0 aromatic heterocycles. The van der Waals surface area contributed by atoms with Gasteiger partial charge in [0.2, 0.25) is 10.0 Å². The molecular formula is C13H16ClNO5S. The van der Waals surface area contributed by atoms with E-state index in [0.717, 1.165) is 18.9 Å². The number of aromatic carboxylic acids is 1. The maximum absolute atomic E-state index is 12.3. The number of hydrogen-bond donors (Lipinski definition) is 2. The second kappa shape index (κ2) is 6.31. The van der Waals surface area contributed by atoms with Crippen molar-refractivity contribution in [1.82, 2.24) is 4.72 Å². The molecule has 1 aromatic rings. The number of carboxylic acid groups (broad SMARTS) is 1. The van der Waals surface area contributed by atoms with Gasteiger partial charge in [0.1, 0.15) is 0 Å². The van der Waals surface area contributed by atoms with Gasteiger partial charge < -0.3 is 9.84 Å². The molecule has 2 rings (SSSR count). The van der Waals surface area contributed by atoms with Gasteiger partial charge in [-0.15, -0.1) is 0 Å². The zero-order valence-corrected chi connectivity index (χ0v) is 12.9. The Bertz CT molecular complexity index is 646. The molecule has 1 aromatic carbocycles. The third-order valence-corrected chi connectivity index (χ3v) is 5.36. The summed E-state index contributed by atoms with van der Waals surface area (Å²) < 4.78 is 32.5. The lowest BCUT2D eigenvalue weighted by Crippen LogP contribution is -2.40. The Morgan fingerprint density at radius 1 is 1.43 bits per heavy atom. The summed E-state index contributed by atoms with van der Waals surface area (Å²) in [6.07, 6.45) is 2.21. The van der Waals surface area contributed by atoms with Gasteiger partial charge in [-0.3, -0.25) is 0 Å². The fourth-order valence-corrected chi connectivity index (χ4v) is 3.97. The number of carbonyl (C=O) groups is 1. The van der Waals surface area contributed by atoms with Crippen LogP contribution in [0.2, 0.25) is 5.02 Å². The lowest BCUT2D eigenvalue weighted by molar-refractivity contribution is 0.0696. The number of benzene rings is 1. The van der Waals surface area contributed by atoms with Crippen LogP contribution in [0.15, 0.2) is 23.1 Å². The van der Waals surface area contributed by atoms with Gasteiger partial charge in [0.15, 0.2) is 0 Å². The number of sulfonamides is 1. The molecule has 2 unspecified atom stereocenters. The monoisotopic (exact) mass is 333 g/mol. The molecule has 116 valence electrons. The summed E-state index contributed by atoms with van der Waals surface area (Å²) in [4.78, 5) is 10.9. The number of methoxy groups -OCH3 is 1. The molecule has 0 amide bonds. The highest BCUT2D eigenvalue weighted by molar-refractivity contribution is 7.89. The Morgan fingerprint density at radius 3 is 2.76 bits per heavy atom. The van der Waals surface area contributed by atoms with Crippen LogP contribution in [0.3, 0.4) is 0 Å². The summed E-state index contributed by atoms with van der Waals surface area (Å²) in [5.74, 6) is -1.27. The van der Waals surface area contributed by atoms with Crippen LogP contribution in [0.5, 0.6) is 0 Å². The van der Waals surface area contributed by atoms with E-state index < -0.39 is 16.0 Å². The molecule has 1 saturated carbocycles. The van der Waals surface area contributed by atoms with Crippen LogP contribution >= 0.6 is 11.6 Å². The number of ether oxygens (including phenoxy) is 1. The second-order valence-corrected chi connectivity index (χ2v) is 7.00. The van der Waals surface area contributed by atoms with Crippen LogP contribution in [-0.4, -0.2) is 38.7 Å². The average molecular weight is 334 g/mol. The maximum atomic E-state index is 12.3. The SMILES string of the molecule is COC1CCCC1NS(=O)(=O)c1ccc(Cl)c(C(=O)O)c1. The Kier molecular flexibility index (Phi) is 4.88. The van der Waals surface area contributed by atoms with Crippen molar-refractivity contribution in [2.75, 3.05) is 7.11 Å². The minimum absolute atomic E-state index is 0.00270. The van der Waals surface area contributed by atoms with Gasteiger partial charge in [-0.25, -0.2) is 17.9 Å². The molecule has 6 nitrogen and oxygen atoms in total. The van der Waals surface area contributed by atoms with Crippen molar-refractivity contribution in [2.24, 2.45) is 0 Å². The van der Waals surface area contributed by atoms with Gasteiger partial charge in [0, 0.05) is 13.2 Å². The van der Waals surface area contributed by atoms with Crippen molar-refractivity contribution in [3.63, 3.8) is 0 Å². The van der Waals surface area contributed by atoms with Gasteiger partial charge in [0.05, 0.1) is 21.6 Å². The van der Waals surface area contributed by atoms with Crippen LogP contribution in [0, 0.1) is 0 Å². The average Bonchev–Trinajstić information content (AvgIpc) is 2.85. The maximum Gasteiger partial charge on any atom is 0.337 e. The Hall–Kier alpha value is -1.15. The number of halogens is 1. The molecule has 1 fully saturated rings. The first-order valence-corrected chi connectivity index (χ1v) is 8.29. The quantitative estimate of drug-likeness (QED) is 0.858. The van der Waals surface area contributed by atoms with Gasteiger partial charge >= 0.3 is 5.97 Å². The predicted molar refractivity (Wildman–Crippen MR) is 77.2 cm³/mol. The molecular weight excluding hydrogens is 318 g/mol. The van der Waals surface area contributed by atoms with Crippen LogP contribution in [0.25, 0.3) is 0 Å². The van der Waals surface area contributed by atoms with Crippen molar-refractivity contribution in [3.05, 3.63) is 28.8 Å². The topological polar surface area (TPSA) is 92.7 Å². The van der Waals surface area contributed by atoms with E-state index in [1.54, 1.807) is 7.11 Å². The molecule has 0 heterocycles. The molecule has 8 heteroatoms. The number of nitrogens with one attached hydrogen (secondary N) is 1. The minimum atomic E-state index is -3.81. The summed E-state index contributed by atoms with van der Waals surface area (Å²) in [5.41, 5.74) is -0.241. The van der Waals surface area contributed by atoms with E-state index in [2.05, 4.69) is 4.72 Å². The summed E-state index contributed by atoms with van der Waals surface area (Å²) in [5, 5.41) is 9.00. The molecule has 0 spiro atoms. The van der Waals surface area contributed by atoms with Crippen LogP contribution < -0.4 is 4.72 Å². The van der Waals surface area contributed by atoms with Crippen molar-refractivity contribution in [3.8, 4) is 0 Å². The van der Waals surface area contributed by atoms with Gasteiger partial charge in [-0.1, -0.05) is 11.6 Å². The lowest BCUT2D eigenvalue weighted by Gasteiger charge is -2.19. The van der Waals surface area contributed by atoms with Gasteiger partial charge in [-0.05, 0) is 37.5 Å². The fraction of sp³-hybridized carbons (Fsp3) is 0.462. The summed E-state index contributed by atoms with van der Waals surface area (Å²) in [7, 11) is -2.27.